The van der Waals surface area contributed by atoms with E-state index in [2.05, 4.69) is 18.3 Å². The third-order valence-corrected chi connectivity index (χ3v) is 3.10. The molecule has 0 bridgehead atoms. The lowest BCUT2D eigenvalue weighted by atomic mass is 10.2. The van der Waals surface area contributed by atoms with Crippen LogP contribution in [-0.2, 0) is 0 Å². The van der Waals surface area contributed by atoms with Crippen molar-refractivity contribution in [1.29, 1.82) is 0 Å². The molecule has 0 aliphatic heterocycles. The molecule has 2 rings (SSSR count). The van der Waals surface area contributed by atoms with Crippen LogP contribution in [0.15, 0.2) is 42.5 Å². The van der Waals surface area contributed by atoms with Gasteiger partial charge in [-0.05, 0) is 48.9 Å². The van der Waals surface area contributed by atoms with E-state index >= 15 is 0 Å². The first kappa shape index (κ1) is 15.0. The first-order valence-corrected chi connectivity index (χ1v) is 6.88. The molecule has 0 heterocycles. The zero-order chi connectivity index (χ0) is 15.1. The molecule has 0 atom stereocenters. The largest absolute Gasteiger partial charge is 0.497 e. The Kier molecular flexibility index (Phi) is 5.32. The van der Waals surface area contributed by atoms with Crippen LogP contribution in [0.2, 0.25) is 0 Å². The number of nitrogens with one attached hydrogen (secondary N) is 1. The zero-order valence-electron chi connectivity index (χ0n) is 12.7. The normalized spacial score (nSPS) is 10.0. The number of hydrogen-bond donors (Lipinski definition) is 1. The summed E-state index contributed by atoms with van der Waals surface area (Å²) in [6.07, 6.45) is 0. The van der Waals surface area contributed by atoms with Gasteiger partial charge in [0.2, 0.25) is 0 Å². The zero-order valence-corrected chi connectivity index (χ0v) is 12.7. The smallest absolute Gasteiger partial charge is 0.141 e. The van der Waals surface area contributed by atoms with Crippen molar-refractivity contribution in [1.82, 2.24) is 0 Å². The standard InChI is InChI=1S/C17H21NO3/c1-13-4-9-17(20-3)16(12-13)18-10-11-21-15-7-5-14(19-2)6-8-15/h4-9,12,18H,10-11H2,1-3H3. The fourth-order valence-corrected chi connectivity index (χ4v) is 1.99. The van der Waals surface area contributed by atoms with Crippen molar-refractivity contribution in [3.05, 3.63) is 48.0 Å². The SMILES string of the molecule is COc1ccc(OCCNc2cc(C)ccc2OC)cc1. The van der Waals surface area contributed by atoms with E-state index in [-0.39, 0.29) is 0 Å². The number of benzene rings is 2. The summed E-state index contributed by atoms with van der Waals surface area (Å²) in [7, 11) is 3.32. The van der Waals surface area contributed by atoms with Gasteiger partial charge in [0.05, 0.1) is 19.9 Å². The Balaban J connectivity index is 1.82. The molecule has 0 radical (unpaired) electrons. The second-order valence-corrected chi connectivity index (χ2v) is 4.65. The number of anilines is 1. The second kappa shape index (κ2) is 7.43. The maximum Gasteiger partial charge on any atom is 0.141 e. The van der Waals surface area contributed by atoms with E-state index in [1.54, 1.807) is 14.2 Å². The molecule has 0 amide bonds. The first-order valence-electron chi connectivity index (χ1n) is 6.88. The van der Waals surface area contributed by atoms with Gasteiger partial charge in [-0.25, -0.2) is 0 Å². The minimum Gasteiger partial charge on any atom is -0.497 e. The predicted molar refractivity (Wildman–Crippen MR) is 84.7 cm³/mol. The molecule has 4 heteroatoms. The van der Waals surface area contributed by atoms with Gasteiger partial charge in [0.15, 0.2) is 0 Å². The van der Waals surface area contributed by atoms with Crippen molar-refractivity contribution in [3.63, 3.8) is 0 Å². The van der Waals surface area contributed by atoms with Crippen LogP contribution in [0.4, 0.5) is 5.69 Å². The highest BCUT2D eigenvalue weighted by Crippen LogP contribution is 2.25. The van der Waals surface area contributed by atoms with Gasteiger partial charge in [-0.3, -0.25) is 0 Å². The van der Waals surface area contributed by atoms with E-state index in [1.807, 2.05) is 36.4 Å². The third-order valence-electron chi connectivity index (χ3n) is 3.10. The van der Waals surface area contributed by atoms with Crippen LogP contribution >= 0.6 is 0 Å². The average molecular weight is 287 g/mol. The Labute approximate surface area is 125 Å². The van der Waals surface area contributed by atoms with Gasteiger partial charge in [-0.1, -0.05) is 6.07 Å². The highest BCUT2D eigenvalue weighted by atomic mass is 16.5. The van der Waals surface area contributed by atoms with Gasteiger partial charge in [0.1, 0.15) is 23.9 Å². The molecule has 21 heavy (non-hydrogen) atoms. The Bertz CT molecular complexity index is 567. The van der Waals surface area contributed by atoms with E-state index in [1.165, 1.54) is 5.56 Å². The fourth-order valence-electron chi connectivity index (χ4n) is 1.99. The van der Waals surface area contributed by atoms with Crippen LogP contribution in [0.1, 0.15) is 5.56 Å². The molecular weight excluding hydrogens is 266 g/mol. The molecule has 4 nitrogen and oxygen atoms in total. The summed E-state index contributed by atoms with van der Waals surface area (Å²) in [5.41, 5.74) is 2.17. The van der Waals surface area contributed by atoms with Crippen LogP contribution in [0.25, 0.3) is 0 Å². The summed E-state index contributed by atoms with van der Waals surface area (Å²) in [6.45, 7) is 3.33. The Morgan fingerprint density at radius 2 is 1.62 bits per heavy atom. The summed E-state index contributed by atoms with van der Waals surface area (Å²) >= 11 is 0. The molecule has 0 fully saturated rings. The van der Waals surface area contributed by atoms with Gasteiger partial charge in [0.25, 0.3) is 0 Å². The van der Waals surface area contributed by atoms with E-state index in [4.69, 9.17) is 14.2 Å². The molecule has 0 spiro atoms. The lowest BCUT2D eigenvalue weighted by molar-refractivity contribution is 0.331. The van der Waals surface area contributed by atoms with Crippen LogP contribution < -0.4 is 19.5 Å². The lowest BCUT2D eigenvalue weighted by Crippen LogP contribution is -2.12. The topological polar surface area (TPSA) is 39.7 Å². The van der Waals surface area contributed by atoms with Crippen molar-refractivity contribution in [2.45, 2.75) is 6.92 Å². The van der Waals surface area contributed by atoms with Gasteiger partial charge in [-0.2, -0.15) is 0 Å². The maximum atomic E-state index is 5.67. The first-order chi connectivity index (χ1) is 10.2. The van der Waals surface area contributed by atoms with Crippen LogP contribution in [0, 0.1) is 6.92 Å². The van der Waals surface area contributed by atoms with Gasteiger partial charge in [0, 0.05) is 6.54 Å². The molecule has 1 N–H and O–H groups in total. The maximum absolute atomic E-state index is 5.67. The Hall–Kier alpha value is -2.36. The molecule has 0 saturated carbocycles. The summed E-state index contributed by atoms with van der Waals surface area (Å²) in [5.74, 6) is 2.49. The molecular formula is C17H21NO3. The van der Waals surface area contributed by atoms with E-state index < -0.39 is 0 Å². The van der Waals surface area contributed by atoms with Crippen molar-refractivity contribution >= 4 is 5.69 Å². The number of ether oxygens (including phenoxy) is 3. The van der Waals surface area contributed by atoms with E-state index in [0.29, 0.717) is 13.2 Å². The molecule has 2 aromatic rings. The average Bonchev–Trinajstić information content (AvgIpc) is 2.52. The summed E-state index contributed by atoms with van der Waals surface area (Å²) < 4.78 is 16.1. The Morgan fingerprint density at radius 1 is 0.905 bits per heavy atom. The predicted octanol–water partition coefficient (Wildman–Crippen LogP) is 3.50. The van der Waals surface area contributed by atoms with E-state index in [0.717, 1.165) is 22.9 Å². The van der Waals surface area contributed by atoms with Gasteiger partial charge >= 0.3 is 0 Å². The quantitative estimate of drug-likeness (QED) is 0.791. The summed E-state index contributed by atoms with van der Waals surface area (Å²) in [5, 5.41) is 3.32. The second-order valence-electron chi connectivity index (χ2n) is 4.65. The number of hydrogen-bond acceptors (Lipinski definition) is 4. The van der Waals surface area contributed by atoms with Gasteiger partial charge in [-0.15, -0.1) is 0 Å². The third kappa shape index (κ3) is 4.31. The van der Waals surface area contributed by atoms with Crippen molar-refractivity contribution < 1.29 is 14.2 Å². The van der Waals surface area contributed by atoms with Crippen molar-refractivity contribution in [2.75, 3.05) is 32.7 Å². The van der Waals surface area contributed by atoms with E-state index in [9.17, 15) is 0 Å². The van der Waals surface area contributed by atoms with Crippen LogP contribution in [0.5, 0.6) is 17.2 Å². The minimum absolute atomic E-state index is 0.573. The highest BCUT2D eigenvalue weighted by Gasteiger charge is 2.02. The molecule has 112 valence electrons. The summed E-state index contributed by atoms with van der Waals surface area (Å²) in [6, 6.07) is 13.6. The molecule has 0 aliphatic rings. The Morgan fingerprint density at radius 3 is 2.29 bits per heavy atom. The molecule has 0 unspecified atom stereocenters. The fraction of sp³-hybridized carbons (Fsp3) is 0.294. The molecule has 0 aliphatic carbocycles. The minimum atomic E-state index is 0.573. The molecule has 2 aromatic carbocycles. The van der Waals surface area contributed by atoms with Crippen molar-refractivity contribution in [3.8, 4) is 17.2 Å². The van der Waals surface area contributed by atoms with Crippen LogP contribution in [-0.4, -0.2) is 27.4 Å². The number of aryl methyl sites for hydroxylation is 1. The highest BCUT2D eigenvalue weighted by molar-refractivity contribution is 5.57. The number of rotatable bonds is 7. The number of methoxy groups -OCH3 is 2. The molecule has 0 aromatic heterocycles. The van der Waals surface area contributed by atoms with Crippen molar-refractivity contribution in [2.24, 2.45) is 0 Å². The van der Waals surface area contributed by atoms with Crippen LogP contribution in [0.3, 0.4) is 0 Å². The molecule has 0 saturated heterocycles. The lowest BCUT2D eigenvalue weighted by Gasteiger charge is -2.12. The monoisotopic (exact) mass is 287 g/mol. The summed E-state index contributed by atoms with van der Waals surface area (Å²) in [4.78, 5) is 0. The van der Waals surface area contributed by atoms with Gasteiger partial charge < -0.3 is 19.5 Å².